The fraction of sp³-hybridized carbons (Fsp3) is 0.438. The molecule has 0 saturated heterocycles. The van der Waals surface area contributed by atoms with Crippen molar-refractivity contribution in [2.75, 3.05) is 14.1 Å². The molecule has 1 atom stereocenters. The smallest absolute Gasteiger partial charge is 0.242 e. The van der Waals surface area contributed by atoms with Crippen molar-refractivity contribution in [3.63, 3.8) is 0 Å². The first kappa shape index (κ1) is 20.6. The van der Waals surface area contributed by atoms with Crippen molar-refractivity contribution in [2.45, 2.75) is 29.7 Å². The van der Waals surface area contributed by atoms with E-state index in [9.17, 15) is 16.8 Å². The van der Waals surface area contributed by atoms with Gasteiger partial charge in [-0.2, -0.15) is 0 Å². The van der Waals surface area contributed by atoms with Crippen molar-refractivity contribution in [2.24, 2.45) is 13.0 Å². The Balaban J connectivity index is 2.34. The van der Waals surface area contributed by atoms with E-state index in [0.717, 1.165) is 4.31 Å². The highest BCUT2D eigenvalue weighted by molar-refractivity contribution is 7.89. The van der Waals surface area contributed by atoms with E-state index in [0.29, 0.717) is 5.82 Å². The molecule has 0 bridgehead atoms. The minimum Gasteiger partial charge on any atom is -0.337 e. The summed E-state index contributed by atoms with van der Waals surface area (Å²) in [6, 6.07) is 4.64. The molecule has 0 unspecified atom stereocenters. The van der Waals surface area contributed by atoms with Gasteiger partial charge in [-0.1, -0.05) is 13.8 Å². The third-order valence-electron chi connectivity index (χ3n) is 4.00. The minimum absolute atomic E-state index is 0.00457. The Morgan fingerprint density at radius 2 is 1.58 bits per heavy atom. The summed E-state index contributed by atoms with van der Waals surface area (Å²) in [5.41, 5.74) is 0. The molecule has 1 aromatic carbocycles. The Kier molecular flexibility index (Phi) is 5.91. The summed E-state index contributed by atoms with van der Waals surface area (Å²) in [4.78, 5) is 4.26. The monoisotopic (exact) mass is 400 g/mol. The molecular weight excluding hydrogens is 376 g/mol. The fourth-order valence-corrected chi connectivity index (χ4v) is 4.64. The van der Waals surface area contributed by atoms with Crippen LogP contribution in [0.5, 0.6) is 0 Å². The van der Waals surface area contributed by atoms with Crippen molar-refractivity contribution in [1.29, 1.82) is 0 Å². The Bertz CT molecular complexity index is 962. The Hall–Kier alpha value is -1.75. The first-order valence-corrected chi connectivity index (χ1v) is 10.9. The summed E-state index contributed by atoms with van der Waals surface area (Å²) < 4.78 is 55.2. The zero-order valence-corrected chi connectivity index (χ0v) is 17.0. The lowest BCUT2D eigenvalue weighted by Gasteiger charge is -2.22. The SMILES string of the molecule is CC(C)[C@H](NS(=O)(=O)c1ccc(S(=O)(=O)N(C)C)cc1)c1nccn1C. The maximum absolute atomic E-state index is 12.7. The van der Waals surface area contributed by atoms with Gasteiger partial charge in [-0.3, -0.25) is 0 Å². The first-order valence-electron chi connectivity index (χ1n) is 7.99. The van der Waals surface area contributed by atoms with E-state index < -0.39 is 26.1 Å². The Labute approximate surface area is 155 Å². The van der Waals surface area contributed by atoms with Crippen LogP contribution in [0, 0.1) is 5.92 Å². The standard InChI is InChI=1S/C16H24N4O4S2/c1-12(2)15(16-17-10-11-20(16)5)18-25(21,22)13-6-8-14(9-7-13)26(23,24)19(3)4/h6-12,15,18H,1-5H3/t15-/m0/s1. The molecule has 26 heavy (non-hydrogen) atoms. The van der Waals surface area contributed by atoms with Gasteiger partial charge in [0.15, 0.2) is 0 Å². The first-order chi connectivity index (χ1) is 12.0. The van der Waals surface area contributed by atoms with Crippen molar-refractivity contribution in [1.82, 2.24) is 18.6 Å². The largest absolute Gasteiger partial charge is 0.337 e. The molecule has 10 heteroatoms. The number of nitrogens with zero attached hydrogens (tertiary/aromatic N) is 3. The summed E-state index contributed by atoms with van der Waals surface area (Å²) >= 11 is 0. The summed E-state index contributed by atoms with van der Waals surface area (Å²) in [6.07, 6.45) is 3.36. The number of hydrogen-bond acceptors (Lipinski definition) is 5. The summed E-state index contributed by atoms with van der Waals surface area (Å²) in [7, 11) is -2.82. The number of aryl methyl sites for hydroxylation is 1. The van der Waals surface area contributed by atoms with Crippen molar-refractivity contribution < 1.29 is 16.8 Å². The van der Waals surface area contributed by atoms with Gasteiger partial charge in [-0.25, -0.2) is 30.8 Å². The molecule has 0 aliphatic carbocycles. The molecule has 2 aromatic rings. The number of rotatable bonds is 7. The van der Waals surface area contributed by atoms with Gasteiger partial charge < -0.3 is 4.57 Å². The summed E-state index contributed by atoms with van der Waals surface area (Å²) in [5.74, 6) is 0.578. The van der Waals surface area contributed by atoms with Crippen molar-refractivity contribution in [3.05, 3.63) is 42.5 Å². The maximum Gasteiger partial charge on any atom is 0.242 e. The average Bonchev–Trinajstić information content (AvgIpc) is 2.98. The molecule has 0 aliphatic rings. The average molecular weight is 401 g/mol. The normalized spacial score (nSPS) is 14.1. The lowest BCUT2D eigenvalue weighted by atomic mass is 10.1. The highest BCUT2D eigenvalue weighted by atomic mass is 32.2. The fourth-order valence-electron chi connectivity index (χ4n) is 2.40. The number of hydrogen-bond donors (Lipinski definition) is 1. The van der Waals surface area contributed by atoms with Gasteiger partial charge in [0.2, 0.25) is 20.0 Å². The molecule has 8 nitrogen and oxygen atoms in total. The van der Waals surface area contributed by atoms with Gasteiger partial charge in [0.25, 0.3) is 0 Å². The zero-order valence-electron chi connectivity index (χ0n) is 15.4. The summed E-state index contributed by atoms with van der Waals surface area (Å²) in [5, 5.41) is 0. The Morgan fingerprint density at radius 3 is 2.00 bits per heavy atom. The predicted octanol–water partition coefficient (Wildman–Crippen LogP) is 1.35. The van der Waals surface area contributed by atoms with Gasteiger partial charge in [-0.15, -0.1) is 0 Å². The van der Waals surface area contributed by atoms with Crippen LogP contribution in [-0.2, 0) is 27.1 Å². The van der Waals surface area contributed by atoms with Gasteiger partial charge >= 0.3 is 0 Å². The number of nitrogens with one attached hydrogen (secondary N) is 1. The van der Waals surface area contributed by atoms with E-state index in [1.54, 1.807) is 24.0 Å². The van der Waals surface area contributed by atoms with Crippen LogP contribution >= 0.6 is 0 Å². The highest BCUT2D eigenvalue weighted by Crippen LogP contribution is 2.23. The maximum atomic E-state index is 12.7. The minimum atomic E-state index is -3.84. The van der Waals surface area contributed by atoms with Crippen LogP contribution in [-0.4, -0.2) is 44.8 Å². The quantitative estimate of drug-likeness (QED) is 0.756. The van der Waals surface area contributed by atoms with Crippen LogP contribution in [0.1, 0.15) is 25.7 Å². The highest BCUT2D eigenvalue weighted by Gasteiger charge is 2.27. The van der Waals surface area contributed by atoms with Crippen LogP contribution in [0.15, 0.2) is 46.5 Å². The number of sulfonamides is 2. The molecular formula is C16H24N4O4S2. The molecule has 0 amide bonds. The molecule has 2 rings (SSSR count). The lowest BCUT2D eigenvalue weighted by molar-refractivity contribution is 0.435. The molecule has 1 heterocycles. The van der Waals surface area contributed by atoms with Crippen molar-refractivity contribution >= 4 is 20.0 Å². The van der Waals surface area contributed by atoms with Crippen LogP contribution in [0.2, 0.25) is 0 Å². The van der Waals surface area contributed by atoms with Crippen LogP contribution in [0.4, 0.5) is 0 Å². The molecule has 0 saturated carbocycles. The van der Waals surface area contributed by atoms with E-state index in [4.69, 9.17) is 0 Å². The van der Waals surface area contributed by atoms with E-state index in [2.05, 4.69) is 9.71 Å². The third kappa shape index (κ3) is 4.14. The molecule has 0 fully saturated rings. The predicted molar refractivity (Wildman–Crippen MR) is 98.4 cm³/mol. The number of aromatic nitrogens is 2. The zero-order chi connectivity index (χ0) is 19.7. The summed E-state index contributed by atoms with van der Waals surface area (Å²) in [6.45, 7) is 3.79. The third-order valence-corrected chi connectivity index (χ3v) is 7.28. The molecule has 144 valence electrons. The second kappa shape index (κ2) is 7.47. The van der Waals surface area contributed by atoms with Crippen LogP contribution < -0.4 is 4.72 Å². The van der Waals surface area contributed by atoms with Crippen LogP contribution in [0.25, 0.3) is 0 Å². The van der Waals surface area contributed by atoms with Crippen LogP contribution in [0.3, 0.4) is 0 Å². The molecule has 0 radical (unpaired) electrons. The molecule has 1 N–H and O–H groups in total. The number of benzene rings is 1. The van der Waals surface area contributed by atoms with E-state index in [1.165, 1.54) is 38.4 Å². The van der Waals surface area contributed by atoms with Crippen molar-refractivity contribution in [3.8, 4) is 0 Å². The molecule has 1 aromatic heterocycles. The van der Waals surface area contributed by atoms with Gasteiger partial charge in [0.05, 0.1) is 15.8 Å². The topological polar surface area (TPSA) is 101 Å². The van der Waals surface area contributed by atoms with E-state index >= 15 is 0 Å². The van der Waals surface area contributed by atoms with E-state index in [1.807, 2.05) is 13.8 Å². The second-order valence-electron chi connectivity index (χ2n) is 6.50. The second-order valence-corrected chi connectivity index (χ2v) is 10.4. The Morgan fingerprint density at radius 1 is 1.04 bits per heavy atom. The van der Waals surface area contributed by atoms with Gasteiger partial charge in [-0.05, 0) is 30.2 Å². The van der Waals surface area contributed by atoms with Gasteiger partial charge in [0.1, 0.15) is 5.82 Å². The number of imidazole rings is 1. The molecule has 0 spiro atoms. The lowest BCUT2D eigenvalue weighted by Crippen LogP contribution is -2.33. The van der Waals surface area contributed by atoms with Gasteiger partial charge in [0, 0.05) is 33.5 Å². The molecule has 0 aliphatic heterocycles. The van der Waals surface area contributed by atoms with E-state index in [-0.39, 0.29) is 15.7 Å².